The predicted octanol–water partition coefficient (Wildman–Crippen LogP) is 8.27. The predicted molar refractivity (Wildman–Crippen MR) is 187 cm³/mol. The van der Waals surface area contributed by atoms with Crippen LogP contribution in [0.3, 0.4) is 0 Å². The van der Waals surface area contributed by atoms with E-state index in [9.17, 15) is 19.7 Å². The van der Waals surface area contributed by atoms with E-state index in [-0.39, 0.29) is 29.6 Å². The summed E-state index contributed by atoms with van der Waals surface area (Å²) < 4.78 is 7.09. The highest BCUT2D eigenvalue weighted by Gasteiger charge is 2.57. The summed E-state index contributed by atoms with van der Waals surface area (Å²) in [5.74, 6) is -1.34. The normalized spacial score (nSPS) is 23.1. The lowest BCUT2D eigenvalue weighted by Gasteiger charge is -2.43. The van der Waals surface area contributed by atoms with Crippen molar-refractivity contribution in [2.75, 3.05) is 10.2 Å². The smallest absolute Gasteiger partial charge is 0.455 e. The summed E-state index contributed by atoms with van der Waals surface area (Å²) >= 11 is 3.49. The molecule has 238 valence electrons. The fourth-order valence-corrected chi connectivity index (χ4v) is 7.85. The van der Waals surface area contributed by atoms with Crippen LogP contribution in [0.15, 0.2) is 94.0 Å². The zero-order valence-corrected chi connectivity index (χ0v) is 27.9. The topological polar surface area (TPSA) is 99.1 Å². The van der Waals surface area contributed by atoms with Crippen molar-refractivity contribution in [1.29, 1.82) is 0 Å². The first-order chi connectivity index (χ1) is 22.3. The lowest BCUT2D eigenvalue weighted by molar-refractivity contribution is -0.122. The first-order valence-electron chi connectivity index (χ1n) is 16.3. The summed E-state index contributed by atoms with van der Waals surface area (Å²) in [6.07, 6.45) is 6.42. The van der Waals surface area contributed by atoms with Crippen LogP contribution in [0.25, 0.3) is 6.08 Å². The van der Waals surface area contributed by atoms with Gasteiger partial charge in [-0.15, -0.1) is 0 Å². The zero-order chi connectivity index (χ0) is 32.4. The molecule has 7 nitrogen and oxygen atoms in total. The molecule has 2 heterocycles. The highest BCUT2D eigenvalue weighted by molar-refractivity contribution is 9.10. The Morgan fingerprint density at radius 1 is 1.02 bits per heavy atom. The van der Waals surface area contributed by atoms with Crippen molar-refractivity contribution in [1.82, 2.24) is 0 Å². The minimum atomic E-state index is -1.01. The first-order valence-corrected chi connectivity index (χ1v) is 17.1. The third-order valence-electron chi connectivity index (χ3n) is 9.58. The lowest BCUT2D eigenvalue weighted by atomic mass is 9.58. The molecule has 3 N–H and O–H groups in total. The van der Waals surface area contributed by atoms with Gasteiger partial charge in [-0.05, 0) is 105 Å². The number of nitrogens with zero attached hydrogens (tertiary/aromatic N) is 1. The summed E-state index contributed by atoms with van der Waals surface area (Å²) in [5, 5.41) is 24.7. The molecule has 0 spiro atoms. The van der Waals surface area contributed by atoms with Crippen LogP contribution < -0.4 is 10.2 Å². The highest BCUT2D eigenvalue weighted by atomic mass is 79.9. The Bertz CT molecular complexity index is 1660. The van der Waals surface area contributed by atoms with Gasteiger partial charge in [0.2, 0.25) is 11.8 Å². The van der Waals surface area contributed by atoms with Crippen LogP contribution in [0.1, 0.15) is 57.9 Å². The molecule has 0 saturated carbocycles. The number of carbonyl (C=O) groups excluding carboxylic acids is 2. The van der Waals surface area contributed by atoms with E-state index >= 15 is 0 Å². The average Bonchev–Trinajstić information content (AvgIpc) is 3.30. The molecule has 2 amide bonds. The number of rotatable bonds is 10. The number of nitrogens with one attached hydrogen (secondary N) is 1. The van der Waals surface area contributed by atoms with Crippen molar-refractivity contribution in [3.8, 4) is 5.75 Å². The number of carbonyl (C=O) groups is 2. The standard InChI is InChI=1S/C37H40BBrN2O5/c1-3-8-24-21-30-35(37(44)41(36(30)43)29-15-13-28(14-16-29)40-27-9-6-5-7-10-27)31-22-38(45)46-33(34(24)31)18-11-23(4-2)19-25-20-26(39)12-17-32(25)42/h5-7,9-10,12-17,19-20,30-31,33,35,40,42,45H,3-4,8,11,18,21-22H2,1-2H3/b23-19+/t30-,31+,33-,35-/m1/s1. The summed E-state index contributed by atoms with van der Waals surface area (Å²) in [5.41, 5.74) is 6.60. The third kappa shape index (κ3) is 6.59. The largest absolute Gasteiger partial charge is 0.507 e. The van der Waals surface area contributed by atoms with E-state index in [0.29, 0.717) is 31.3 Å². The van der Waals surface area contributed by atoms with E-state index in [4.69, 9.17) is 4.65 Å². The van der Waals surface area contributed by atoms with E-state index in [1.54, 1.807) is 6.07 Å². The second-order valence-electron chi connectivity index (χ2n) is 12.5. The van der Waals surface area contributed by atoms with Crippen LogP contribution in [0.4, 0.5) is 17.1 Å². The molecule has 3 aromatic rings. The second kappa shape index (κ2) is 14.0. The quantitative estimate of drug-likeness (QED) is 0.113. The van der Waals surface area contributed by atoms with Crippen molar-refractivity contribution >= 4 is 58.0 Å². The molecule has 0 aromatic heterocycles. The number of amides is 2. The monoisotopic (exact) mass is 682 g/mol. The maximum atomic E-state index is 14.1. The Kier molecular flexibility index (Phi) is 9.82. The molecule has 3 aromatic carbocycles. The Labute approximate surface area is 279 Å². The van der Waals surface area contributed by atoms with Crippen molar-refractivity contribution in [2.24, 2.45) is 17.8 Å². The fraction of sp³-hybridized carbons (Fsp3) is 0.351. The molecule has 0 bridgehead atoms. The zero-order valence-electron chi connectivity index (χ0n) is 26.3. The van der Waals surface area contributed by atoms with E-state index in [1.807, 2.05) is 72.8 Å². The minimum absolute atomic E-state index is 0.158. The number of anilines is 3. The second-order valence-corrected chi connectivity index (χ2v) is 13.4. The molecule has 46 heavy (non-hydrogen) atoms. The molecule has 9 heteroatoms. The molecule has 1 aliphatic carbocycles. The van der Waals surface area contributed by atoms with E-state index in [1.165, 1.54) is 10.5 Å². The van der Waals surface area contributed by atoms with Crippen LogP contribution in [0.5, 0.6) is 5.75 Å². The van der Waals surface area contributed by atoms with Gasteiger partial charge in [0.25, 0.3) is 0 Å². The first kappa shape index (κ1) is 32.3. The van der Waals surface area contributed by atoms with Gasteiger partial charge >= 0.3 is 7.12 Å². The van der Waals surface area contributed by atoms with E-state index < -0.39 is 19.0 Å². The van der Waals surface area contributed by atoms with Crippen molar-refractivity contribution < 1.29 is 24.4 Å². The van der Waals surface area contributed by atoms with Crippen LogP contribution in [-0.2, 0) is 14.2 Å². The highest BCUT2D eigenvalue weighted by Crippen LogP contribution is 2.52. The van der Waals surface area contributed by atoms with Gasteiger partial charge in [0, 0.05) is 21.4 Å². The molecule has 3 aliphatic rings. The number of imide groups is 1. The van der Waals surface area contributed by atoms with Gasteiger partial charge in [-0.2, -0.15) is 0 Å². The fourth-order valence-electron chi connectivity index (χ4n) is 7.47. The molecule has 2 aliphatic heterocycles. The number of para-hydroxylation sites is 1. The number of aromatic hydroxyl groups is 1. The maximum Gasteiger partial charge on any atom is 0.455 e. The number of fused-ring (bicyclic) bond motifs is 3. The lowest BCUT2D eigenvalue weighted by Crippen LogP contribution is -2.46. The molecular weight excluding hydrogens is 643 g/mol. The number of allylic oxidation sites excluding steroid dienone is 2. The number of hydrogen-bond acceptors (Lipinski definition) is 6. The molecule has 0 unspecified atom stereocenters. The average molecular weight is 683 g/mol. The number of hydrogen-bond donors (Lipinski definition) is 3. The van der Waals surface area contributed by atoms with Gasteiger partial charge < -0.3 is 20.1 Å². The van der Waals surface area contributed by atoms with Crippen molar-refractivity contribution in [2.45, 2.75) is 64.8 Å². The van der Waals surface area contributed by atoms with Crippen molar-refractivity contribution in [3.63, 3.8) is 0 Å². The molecule has 4 atom stereocenters. The molecule has 2 saturated heterocycles. The van der Waals surface area contributed by atoms with E-state index in [0.717, 1.165) is 51.8 Å². The number of benzene rings is 3. The Balaban J connectivity index is 1.24. The third-order valence-corrected chi connectivity index (χ3v) is 10.1. The van der Waals surface area contributed by atoms with E-state index in [2.05, 4.69) is 35.1 Å². The minimum Gasteiger partial charge on any atom is -0.507 e. The molecule has 6 rings (SSSR count). The van der Waals surface area contributed by atoms with Gasteiger partial charge in [0.15, 0.2) is 0 Å². The van der Waals surface area contributed by atoms with Crippen LogP contribution in [-0.4, -0.2) is 35.2 Å². The SMILES string of the molecule is CCCC1=C2[C@@H](CC/C(=C/c3cc(Br)ccc3O)CC)OB(O)C[C@@H]2[C@@H]2C(=O)N(c3ccc(Nc4ccccc4)cc3)C(=O)[C@@H]2C1. The van der Waals surface area contributed by atoms with Crippen molar-refractivity contribution in [3.05, 3.63) is 99.6 Å². The molecule has 2 fully saturated rings. The van der Waals surface area contributed by atoms with Crippen LogP contribution in [0.2, 0.25) is 6.32 Å². The maximum absolute atomic E-state index is 14.1. The summed E-state index contributed by atoms with van der Waals surface area (Å²) in [4.78, 5) is 29.4. The summed E-state index contributed by atoms with van der Waals surface area (Å²) in [6, 6.07) is 22.6. The number of phenols is 1. The Morgan fingerprint density at radius 2 is 1.76 bits per heavy atom. The number of phenolic OH excluding ortho intramolecular Hbond substituents is 1. The number of halogens is 1. The van der Waals surface area contributed by atoms with Gasteiger partial charge in [0.05, 0.1) is 23.6 Å². The van der Waals surface area contributed by atoms with Crippen LogP contribution >= 0.6 is 15.9 Å². The Morgan fingerprint density at radius 3 is 2.48 bits per heavy atom. The van der Waals surface area contributed by atoms with Gasteiger partial charge in [-0.25, -0.2) is 0 Å². The Hall–Kier alpha value is -3.66. The van der Waals surface area contributed by atoms with Gasteiger partial charge in [-0.3, -0.25) is 14.5 Å². The van der Waals surface area contributed by atoms with Gasteiger partial charge in [0.1, 0.15) is 5.75 Å². The molecular formula is C37H40BBrN2O5. The summed E-state index contributed by atoms with van der Waals surface area (Å²) in [6.45, 7) is 4.22. The van der Waals surface area contributed by atoms with Crippen LogP contribution in [0, 0.1) is 17.8 Å². The van der Waals surface area contributed by atoms with Gasteiger partial charge in [-0.1, -0.05) is 71.6 Å². The molecule has 0 radical (unpaired) electrons. The summed E-state index contributed by atoms with van der Waals surface area (Å²) in [7, 11) is -1.01.